The number of hydrogen-bond donors (Lipinski definition) is 3. The molecule has 10 heavy (non-hydrogen) atoms. The average molecular weight is 147 g/mol. The maximum Gasteiger partial charge on any atom is 0.407 e. The van der Waals surface area contributed by atoms with Crippen LogP contribution >= 0.6 is 0 Å². The summed E-state index contributed by atoms with van der Waals surface area (Å²) >= 11 is 0. The van der Waals surface area contributed by atoms with E-state index < -0.39 is 11.9 Å². The normalized spacial score (nSPS) is 11.7. The van der Waals surface area contributed by atoms with Gasteiger partial charge < -0.3 is 10.5 Å². The van der Waals surface area contributed by atoms with Crippen LogP contribution in [0.4, 0.5) is 4.79 Å². The van der Waals surface area contributed by atoms with E-state index in [4.69, 9.17) is 17.2 Å². The first-order chi connectivity index (χ1) is 4.36. The largest absolute Gasteiger partial charge is 0.414 e. The molecule has 0 aromatic heterocycles. The van der Waals surface area contributed by atoms with Crippen LogP contribution in [0.5, 0.6) is 0 Å². The Hall–Kier alpha value is -0.810. The first-order valence-electron chi connectivity index (χ1n) is 2.92. The summed E-state index contributed by atoms with van der Waals surface area (Å²) < 4.78 is 4.39. The molecule has 0 radical (unpaired) electrons. The van der Waals surface area contributed by atoms with Gasteiger partial charge in [0, 0.05) is 5.92 Å². The molecule has 0 bridgehead atoms. The fourth-order valence-electron chi connectivity index (χ4n) is 0.292. The molecule has 6 N–H and O–H groups in total. The van der Waals surface area contributed by atoms with Gasteiger partial charge >= 0.3 is 6.09 Å². The second-order valence-corrected chi connectivity index (χ2v) is 2.43. The summed E-state index contributed by atoms with van der Waals surface area (Å²) in [4.78, 5) is 10.2. The summed E-state index contributed by atoms with van der Waals surface area (Å²) in [6.07, 6.45) is -0.960. The van der Waals surface area contributed by atoms with Crippen LogP contribution < -0.4 is 17.2 Å². The number of rotatable bonds is 2. The van der Waals surface area contributed by atoms with Gasteiger partial charge in [-0.05, 0) is 0 Å². The molecule has 60 valence electrons. The molecule has 0 saturated heterocycles. The lowest BCUT2D eigenvalue weighted by Gasteiger charge is -2.26. The third-order valence-electron chi connectivity index (χ3n) is 1.18. The van der Waals surface area contributed by atoms with Crippen LogP contribution in [-0.4, -0.2) is 11.9 Å². The Labute approximate surface area is 59.5 Å². The van der Waals surface area contributed by atoms with Crippen molar-refractivity contribution in [2.75, 3.05) is 0 Å². The van der Waals surface area contributed by atoms with Gasteiger partial charge in [-0.15, -0.1) is 0 Å². The van der Waals surface area contributed by atoms with Crippen molar-refractivity contribution in [1.29, 1.82) is 0 Å². The average Bonchev–Trinajstić information content (AvgIpc) is 1.60. The summed E-state index contributed by atoms with van der Waals surface area (Å²) in [5, 5.41) is 0. The van der Waals surface area contributed by atoms with Crippen molar-refractivity contribution in [2.45, 2.75) is 19.7 Å². The zero-order chi connectivity index (χ0) is 8.36. The number of carbonyl (C=O) groups excluding carboxylic acids is 1. The highest BCUT2D eigenvalue weighted by Gasteiger charge is 2.27. The zero-order valence-corrected chi connectivity index (χ0v) is 6.13. The zero-order valence-electron chi connectivity index (χ0n) is 6.13. The fourth-order valence-corrected chi connectivity index (χ4v) is 0.292. The second-order valence-electron chi connectivity index (χ2n) is 2.43. The van der Waals surface area contributed by atoms with Gasteiger partial charge in [0.1, 0.15) is 0 Å². The lowest BCUT2D eigenvalue weighted by atomic mass is 10.1. The molecular weight excluding hydrogens is 134 g/mol. The Kier molecular flexibility index (Phi) is 2.62. The third kappa shape index (κ3) is 2.65. The molecule has 0 aliphatic rings. The summed E-state index contributed by atoms with van der Waals surface area (Å²) in [6.45, 7) is 3.45. The second kappa shape index (κ2) is 2.85. The molecule has 0 rings (SSSR count). The smallest absolute Gasteiger partial charge is 0.407 e. The van der Waals surface area contributed by atoms with E-state index in [1.54, 1.807) is 13.8 Å². The van der Waals surface area contributed by atoms with Crippen LogP contribution in [0, 0.1) is 5.92 Å². The monoisotopic (exact) mass is 147 g/mol. The molecule has 0 aromatic rings. The summed E-state index contributed by atoms with van der Waals surface area (Å²) in [5.74, 6) is -1.62. The molecule has 5 nitrogen and oxygen atoms in total. The molecule has 0 aliphatic carbocycles. The van der Waals surface area contributed by atoms with Crippen molar-refractivity contribution in [3.63, 3.8) is 0 Å². The molecule has 0 atom stereocenters. The van der Waals surface area contributed by atoms with Gasteiger partial charge in [0.05, 0.1) is 0 Å². The highest BCUT2D eigenvalue weighted by atomic mass is 16.6. The highest BCUT2D eigenvalue weighted by molar-refractivity contribution is 5.65. The highest BCUT2D eigenvalue weighted by Crippen LogP contribution is 2.07. The summed E-state index contributed by atoms with van der Waals surface area (Å²) in [5.41, 5.74) is 15.3. The van der Waals surface area contributed by atoms with Crippen molar-refractivity contribution in [2.24, 2.45) is 23.1 Å². The van der Waals surface area contributed by atoms with Gasteiger partial charge in [0.2, 0.25) is 5.85 Å². The standard InChI is InChI=1S/C5H13N3O2/c1-3(2)5(7,8)10-4(6)9/h3H,7-8H2,1-2H3,(H2,6,9). The van der Waals surface area contributed by atoms with Gasteiger partial charge in [0.15, 0.2) is 0 Å². The first kappa shape index (κ1) is 9.19. The minimum absolute atomic E-state index is 0.167. The number of hydrogen-bond acceptors (Lipinski definition) is 4. The van der Waals surface area contributed by atoms with E-state index in [1.807, 2.05) is 0 Å². The molecule has 1 amide bonds. The van der Waals surface area contributed by atoms with Crippen LogP contribution in [0.25, 0.3) is 0 Å². The molecule has 0 fully saturated rings. The number of nitrogens with two attached hydrogens (primary N) is 3. The van der Waals surface area contributed by atoms with Crippen LogP contribution in [0.1, 0.15) is 13.8 Å². The predicted molar refractivity (Wildman–Crippen MR) is 36.6 cm³/mol. The number of carbonyl (C=O) groups is 1. The van der Waals surface area contributed by atoms with Crippen molar-refractivity contribution in [3.8, 4) is 0 Å². The predicted octanol–water partition coefficient (Wildman–Crippen LogP) is -0.691. The first-order valence-corrected chi connectivity index (χ1v) is 2.92. The number of ether oxygens (including phenoxy) is 1. The molecule has 0 spiro atoms. The lowest BCUT2D eigenvalue weighted by Crippen LogP contribution is -2.57. The van der Waals surface area contributed by atoms with Crippen molar-refractivity contribution >= 4 is 6.09 Å². The van der Waals surface area contributed by atoms with Gasteiger partial charge in [0.25, 0.3) is 0 Å². The Bertz CT molecular complexity index is 133. The Morgan fingerprint density at radius 3 is 2.00 bits per heavy atom. The number of primary amides is 1. The quantitative estimate of drug-likeness (QED) is 0.449. The van der Waals surface area contributed by atoms with Crippen molar-refractivity contribution < 1.29 is 9.53 Å². The Morgan fingerprint density at radius 2 is 1.90 bits per heavy atom. The SMILES string of the molecule is CC(C)C(N)(N)OC(N)=O. The maximum absolute atomic E-state index is 10.2. The lowest BCUT2D eigenvalue weighted by molar-refractivity contribution is -0.00978. The van der Waals surface area contributed by atoms with E-state index in [1.165, 1.54) is 0 Å². The molecule has 0 aromatic carbocycles. The van der Waals surface area contributed by atoms with Gasteiger partial charge in [-0.3, -0.25) is 11.5 Å². The fraction of sp³-hybridized carbons (Fsp3) is 0.800. The van der Waals surface area contributed by atoms with Crippen LogP contribution in [0.2, 0.25) is 0 Å². The van der Waals surface area contributed by atoms with E-state index in [2.05, 4.69) is 4.74 Å². The van der Waals surface area contributed by atoms with Crippen molar-refractivity contribution in [3.05, 3.63) is 0 Å². The van der Waals surface area contributed by atoms with E-state index >= 15 is 0 Å². The Morgan fingerprint density at radius 1 is 1.50 bits per heavy atom. The minimum atomic E-state index is -1.45. The summed E-state index contributed by atoms with van der Waals surface area (Å²) in [6, 6.07) is 0. The Balaban J connectivity index is 3.99. The molecular formula is C5H13N3O2. The van der Waals surface area contributed by atoms with Crippen LogP contribution in [-0.2, 0) is 4.74 Å². The minimum Gasteiger partial charge on any atom is -0.414 e. The van der Waals surface area contributed by atoms with E-state index in [0.29, 0.717) is 0 Å². The maximum atomic E-state index is 10.2. The van der Waals surface area contributed by atoms with E-state index in [-0.39, 0.29) is 5.92 Å². The number of amides is 1. The molecule has 0 saturated carbocycles. The van der Waals surface area contributed by atoms with Crippen LogP contribution in [0.3, 0.4) is 0 Å². The van der Waals surface area contributed by atoms with Gasteiger partial charge in [-0.25, -0.2) is 4.79 Å². The van der Waals surface area contributed by atoms with Crippen LogP contribution in [0.15, 0.2) is 0 Å². The molecule has 0 heterocycles. The van der Waals surface area contributed by atoms with E-state index in [9.17, 15) is 4.79 Å². The third-order valence-corrected chi connectivity index (χ3v) is 1.18. The van der Waals surface area contributed by atoms with Gasteiger partial charge in [-0.1, -0.05) is 13.8 Å². The molecule has 5 heteroatoms. The van der Waals surface area contributed by atoms with E-state index in [0.717, 1.165) is 0 Å². The van der Waals surface area contributed by atoms with Crippen molar-refractivity contribution in [1.82, 2.24) is 0 Å². The van der Waals surface area contributed by atoms with Gasteiger partial charge in [-0.2, -0.15) is 0 Å². The molecule has 0 aliphatic heterocycles. The summed E-state index contributed by atoms with van der Waals surface area (Å²) in [7, 11) is 0. The molecule has 0 unspecified atom stereocenters. The topological polar surface area (TPSA) is 104 Å².